The second kappa shape index (κ2) is 5.64. The van der Waals surface area contributed by atoms with Gasteiger partial charge in [0.05, 0.1) is 0 Å². The van der Waals surface area contributed by atoms with Gasteiger partial charge in [0.1, 0.15) is 0 Å². The summed E-state index contributed by atoms with van der Waals surface area (Å²) in [6.45, 7) is 4.06. The summed E-state index contributed by atoms with van der Waals surface area (Å²) < 4.78 is 5.38. The van der Waals surface area contributed by atoms with Crippen molar-refractivity contribution in [2.45, 2.75) is 31.7 Å². The summed E-state index contributed by atoms with van der Waals surface area (Å²) in [5, 5.41) is 2.71. The van der Waals surface area contributed by atoms with E-state index in [2.05, 4.69) is 10.2 Å². The van der Waals surface area contributed by atoms with Crippen LogP contribution in [-0.4, -0.2) is 50.2 Å². The minimum Gasteiger partial charge on any atom is -0.381 e. The monoisotopic (exact) mass is 226 g/mol. The fourth-order valence-electron chi connectivity index (χ4n) is 2.78. The Morgan fingerprint density at radius 2 is 2.12 bits per heavy atom. The molecule has 0 spiro atoms. The SMILES string of the molecule is CNC(=O)CC1CCN(C2CCOCC2)C1. The van der Waals surface area contributed by atoms with Gasteiger partial charge in [-0.25, -0.2) is 0 Å². The molecule has 2 saturated heterocycles. The Hall–Kier alpha value is -0.610. The van der Waals surface area contributed by atoms with Gasteiger partial charge >= 0.3 is 0 Å². The van der Waals surface area contributed by atoms with Gasteiger partial charge in [0.25, 0.3) is 0 Å². The molecule has 0 saturated carbocycles. The van der Waals surface area contributed by atoms with E-state index in [0.717, 1.165) is 39.1 Å². The summed E-state index contributed by atoms with van der Waals surface area (Å²) in [6, 6.07) is 0.698. The fraction of sp³-hybridized carbons (Fsp3) is 0.917. The highest BCUT2D eigenvalue weighted by atomic mass is 16.5. The maximum absolute atomic E-state index is 11.3. The lowest BCUT2D eigenvalue weighted by molar-refractivity contribution is -0.121. The van der Waals surface area contributed by atoms with Gasteiger partial charge in [0, 0.05) is 39.3 Å². The van der Waals surface area contributed by atoms with Gasteiger partial charge in [-0.15, -0.1) is 0 Å². The Bertz CT molecular complexity index is 239. The predicted octanol–water partition coefficient (Wildman–Crippen LogP) is 0.623. The number of carbonyl (C=O) groups is 1. The number of rotatable bonds is 3. The molecule has 4 nitrogen and oxygen atoms in total. The second-order valence-corrected chi connectivity index (χ2v) is 4.87. The molecule has 0 radical (unpaired) electrons. The van der Waals surface area contributed by atoms with Crippen LogP contribution in [0.1, 0.15) is 25.7 Å². The predicted molar refractivity (Wildman–Crippen MR) is 62.2 cm³/mol. The quantitative estimate of drug-likeness (QED) is 0.767. The number of hydrogen-bond acceptors (Lipinski definition) is 3. The van der Waals surface area contributed by atoms with Crippen molar-refractivity contribution in [3.05, 3.63) is 0 Å². The molecule has 2 heterocycles. The van der Waals surface area contributed by atoms with Gasteiger partial charge < -0.3 is 10.1 Å². The molecule has 2 rings (SSSR count). The summed E-state index contributed by atoms with van der Waals surface area (Å²) >= 11 is 0. The van der Waals surface area contributed by atoms with E-state index in [1.807, 2.05) is 0 Å². The molecule has 2 aliphatic rings. The van der Waals surface area contributed by atoms with Crippen molar-refractivity contribution in [3.8, 4) is 0 Å². The van der Waals surface area contributed by atoms with Crippen molar-refractivity contribution in [3.63, 3.8) is 0 Å². The molecule has 0 aromatic carbocycles. The molecule has 1 unspecified atom stereocenters. The molecular formula is C12H22N2O2. The number of hydrogen-bond donors (Lipinski definition) is 1. The highest BCUT2D eigenvalue weighted by Gasteiger charge is 2.30. The Morgan fingerprint density at radius 1 is 1.38 bits per heavy atom. The first-order valence-electron chi connectivity index (χ1n) is 6.32. The van der Waals surface area contributed by atoms with Gasteiger partial charge in [-0.05, 0) is 31.7 Å². The van der Waals surface area contributed by atoms with Gasteiger partial charge in [-0.3, -0.25) is 9.69 Å². The molecule has 0 bridgehead atoms. The third kappa shape index (κ3) is 2.95. The van der Waals surface area contributed by atoms with E-state index in [4.69, 9.17) is 4.74 Å². The van der Waals surface area contributed by atoms with Crippen LogP contribution in [0.15, 0.2) is 0 Å². The normalized spacial score (nSPS) is 28.2. The molecular weight excluding hydrogens is 204 g/mol. The van der Waals surface area contributed by atoms with Crippen LogP contribution in [0.4, 0.5) is 0 Å². The van der Waals surface area contributed by atoms with Crippen molar-refractivity contribution in [1.82, 2.24) is 10.2 Å². The van der Waals surface area contributed by atoms with Crippen molar-refractivity contribution in [1.29, 1.82) is 0 Å². The van der Waals surface area contributed by atoms with E-state index in [0.29, 0.717) is 18.4 Å². The minimum absolute atomic E-state index is 0.179. The van der Waals surface area contributed by atoms with Crippen LogP contribution >= 0.6 is 0 Å². The molecule has 2 aliphatic heterocycles. The van der Waals surface area contributed by atoms with Crippen LogP contribution < -0.4 is 5.32 Å². The Kier molecular flexibility index (Phi) is 4.18. The Labute approximate surface area is 97.3 Å². The lowest BCUT2D eigenvalue weighted by Gasteiger charge is -2.31. The van der Waals surface area contributed by atoms with E-state index in [1.165, 1.54) is 6.42 Å². The molecule has 92 valence electrons. The first-order valence-corrected chi connectivity index (χ1v) is 6.32. The number of nitrogens with one attached hydrogen (secondary N) is 1. The Balaban J connectivity index is 1.76. The van der Waals surface area contributed by atoms with Crippen LogP contribution in [0, 0.1) is 5.92 Å². The van der Waals surface area contributed by atoms with Crippen LogP contribution in [-0.2, 0) is 9.53 Å². The fourth-order valence-corrected chi connectivity index (χ4v) is 2.78. The highest BCUT2D eigenvalue weighted by Crippen LogP contribution is 2.25. The number of amides is 1. The molecule has 16 heavy (non-hydrogen) atoms. The van der Waals surface area contributed by atoms with E-state index < -0.39 is 0 Å². The number of ether oxygens (including phenoxy) is 1. The minimum atomic E-state index is 0.179. The molecule has 1 N–H and O–H groups in total. The van der Waals surface area contributed by atoms with Crippen molar-refractivity contribution >= 4 is 5.91 Å². The summed E-state index contributed by atoms with van der Waals surface area (Å²) in [5.74, 6) is 0.738. The van der Waals surface area contributed by atoms with E-state index in [1.54, 1.807) is 7.05 Å². The van der Waals surface area contributed by atoms with Crippen LogP contribution in [0.25, 0.3) is 0 Å². The third-order valence-electron chi connectivity index (χ3n) is 3.78. The molecule has 2 fully saturated rings. The van der Waals surface area contributed by atoms with Gasteiger partial charge in [-0.1, -0.05) is 0 Å². The van der Waals surface area contributed by atoms with Crippen molar-refractivity contribution in [2.24, 2.45) is 5.92 Å². The second-order valence-electron chi connectivity index (χ2n) is 4.87. The van der Waals surface area contributed by atoms with Crippen LogP contribution in [0.3, 0.4) is 0 Å². The Morgan fingerprint density at radius 3 is 2.81 bits per heavy atom. The molecule has 1 atom stereocenters. The lowest BCUT2D eigenvalue weighted by Crippen LogP contribution is -2.38. The van der Waals surface area contributed by atoms with E-state index >= 15 is 0 Å². The molecule has 0 aromatic heterocycles. The van der Waals surface area contributed by atoms with Crippen molar-refractivity contribution in [2.75, 3.05) is 33.4 Å². The van der Waals surface area contributed by atoms with E-state index in [-0.39, 0.29) is 5.91 Å². The first-order chi connectivity index (χ1) is 7.79. The zero-order valence-electron chi connectivity index (χ0n) is 10.1. The number of nitrogens with zero attached hydrogens (tertiary/aromatic N) is 1. The zero-order valence-corrected chi connectivity index (χ0v) is 10.1. The van der Waals surface area contributed by atoms with Crippen molar-refractivity contribution < 1.29 is 9.53 Å². The largest absolute Gasteiger partial charge is 0.381 e. The summed E-state index contributed by atoms with van der Waals surface area (Å²) in [6.07, 6.45) is 4.18. The maximum atomic E-state index is 11.3. The smallest absolute Gasteiger partial charge is 0.220 e. The maximum Gasteiger partial charge on any atom is 0.220 e. The summed E-state index contributed by atoms with van der Waals surface area (Å²) in [4.78, 5) is 13.9. The van der Waals surface area contributed by atoms with Gasteiger partial charge in [-0.2, -0.15) is 0 Å². The zero-order chi connectivity index (χ0) is 11.4. The van der Waals surface area contributed by atoms with Crippen LogP contribution in [0.5, 0.6) is 0 Å². The highest BCUT2D eigenvalue weighted by molar-refractivity contribution is 5.75. The first kappa shape index (κ1) is 11.9. The average Bonchev–Trinajstić information content (AvgIpc) is 2.78. The molecule has 4 heteroatoms. The van der Waals surface area contributed by atoms with E-state index in [9.17, 15) is 4.79 Å². The standard InChI is InChI=1S/C12H22N2O2/c1-13-12(15)8-10-2-5-14(9-10)11-3-6-16-7-4-11/h10-11H,2-9H2,1H3,(H,13,15). The number of likely N-dealkylation sites (tertiary alicyclic amines) is 1. The average molecular weight is 226 g/mol. The lowest BCUT2D eigenvalue weighted by atomic mass is 10.0. The van der Waals surface area contributed by atoms with Crippen LogP contribution in [0.2, 0.25) is 0 Å². The number of carbonyl (C=O) groups excluding carboxylic acids is 1. The molecule has 0 aliphatic carbocycles. The summed E-state index contributed by atoms with van der Waals surface area (Å²) in [7, 11) is 1.72. The topological polar surface area (TPSA) is 41.6 Å². The molecule has 1 amide bonds. The summed E-state index contributed by atoms with van der Waals surface area (Å²) in [5.41, 5.74) is 0. The van der Waals surface area contributed by atoms with Gasteiger partial charge in [0.15, 0.2) is 0 Å². The molecule has 0 aromatic rings. The third-order valence-corrected chi connectivity index (χ3v) is 3.78. The van der Waals surface area contributed by atoms with Gasteiger partial charge in [0.2, 0.25) is 5.91 Å².